The zero-order valence-electron chi connectivity index (χ0n) is 22.6. The number of fused-ring (bicyclic) bond motifs is 1. The zero-order chi connectivity index (χ0) is 24.7. The molecule has 1 aromatic carbocycles. The Morgan fingerprint density at radius 1 is 0.824 bits per heavy atom. The number of para-hydroxylation sites is 2. The van der Waals surface area contributed by atoms with Crippen LogP contribution in [0.4, 0.5) is 0 Å². The fourth-order valence-corrected chi connectivity index (χ4v) is 4.58. The Hall–Kier alpha value is -1.84. The van der Waals surface area contributed by atoms with Crippen LogP contribution in [0.25, 0.3) is 11.0 Å². The van der Waals surface area contributed by atoms with Crippen molar-refractivity contribution in [3.8, 4) is 0 Å². The Labute approximate surface area is 209 Å². The third-order valence-electron chi connectivity index (χ3n) is 6.78. The molecule has 0 bridgehead atoms. The Balaban J connectivity index is 1.64. The Kier molecular flexibility index (Phi) is 13.3. The molecule has 2 aromatic rings. The Morgan fingerprint density at radius 3 is 1.91 bits per heavy atom. The largest absolute Gasteiger partial charge is 0.355 e. The number of benzene rings is 1. The molecule has 34 heavy (non-hydrogen) atoms. The molecular formula is C30H51N3O. The van der Waals surface area contributed by atoms with Crippen molar-refractivity contribution in [3.05, 3.63) is 30.1 Å². The summed E-state index contributed by atoms with van der Waals surface area (Å²) in [6, 6.07) is 8.41. The van der Waals surface area contributed by atoms with Gasteiger partial charge in [0.1, 0.15) is 5.82 Å². The third-order valence-corrected chi connectivity index (χ3v) is 6.78. The average Bonchev–Trinajstić information content (AvgIpc) is 3.16. The van der Waals surface area contributed by atoms with Crippen LogP contribution >= 0.6 is 0 Å². The number of nitrogens with zero attached hydrogens (tertiary/aromatic N) is 2. The summed E-state index contributed by atoms with van der Waals surface area (Å²) in [4.78, 5) is 17.1. The minimum absolute atomic E-state index is 0.0992. The van der Waals surface area contributed by atoms with E-state index in [-0.39, 0.29) is 11.3 Å². The predicted molar refractivity (Wildman–Crippen MR) is 146 cm³/mol. The van der Waals surface area contributed by atoms with E-state index in [2.05, 4.69) is 41.1 Å². The second-order valence-corrected chi connectivity index (χ2v) is 11.0. The van der Waals surface area contributed by atoms with Gasteiger partial charge in [-0.25, -0.2) is 4.98 Å². The Bertz CT molecular complexity index is 818. The van der Waals surface area contributed by atoms with Gasteiger partial charge in [-0.2, -0.15) is 0 Å². The fourth-order valence-electron chi connectivity index (χ4n) is 4.58. The summed E-state index contributed by atoms with van der Waals surface area (Å²) in [5.41, 5.74) is 1.92. The fraction of sp³-hybridized carbons (Fsp3) is 0.733. The Morgan fingerprint density at radius 2 is 1.35 bits per heavy atom. The third kappa shape index (κ3) is 10.6. The van der Waals surface area contributed by atoms with E-state index in [9.17, 15) is 4.79 Å². The molecule has 4 nitrogen and oxygen atoms in total. The summed E-state index contributed by atoms with van der Waals surface area (Å²) in [6.07, 6.45) is 20.1. The maximum absolute atomic E-state index is 12.2. The molecule has 0 aliphatic rings. The maximum Gasteiger partial charge on any atom is 0.225 e. The standard InChI is InChI=1S/C30H51N3O/c1-5-6-7-8-9-10-11-12-13-14-15-16-17-20-25-33-27-22-19-18-21-26(27)32-28(33)23-24-31-29(34)30(2,3)4/h18-19,21-22H,5-17,20,23-25H2,1-4H3,(H,31,34). The van der Waals surface area contributed by atoms with Crippen LogP contribution in [0.2, 0.25) is 0 Å². The molecule has 1 heterocycles. The van der Waals surface area contributed by atoms with E-state index in [0.717, 1.165) is 24.3 Å². The highest BCUT2D eigenvalue weighted by Gasteiger charge is 2.20. The highest BCUT2D eigenvalue weighted by atomic mass is 16.2. The number of carbonyl (C=O) groups is 1. The number of rotatable bonds is 18. The second-order valence-electron chi connectivity index (χ2n) is 11.0. The molecule has 192 valence electrons. The minimum atomic E-state index is -0.353. The number of aryl methyl sites for hydroxylation is 1. The van der Waals surface area contributed by atoms with Gasteiger partial charge >= 0.3 is 0 Å². The number of carbonyl (C=O) groups excluding carboxylic acids is 1. The number of amides is 1. The number of aromatic nitrogens is 2. The number of nitrogens with one attached hydrogen (secondary N) is 1. The maximum atomic E-state index is 12.2. The summed E-state index contributed by atoms with van der Waals surface area (Å²) in [5, 5.41) is 3.07. The highest BCUT2D eigenvalue weighted by molar-refractivity contribution is 5.81. The normalized spacial score (nSPS) is 11.9. The molecule has 1 N–H and O–H groups in total. The molecule has 0 aliphatic heterocycles. The van der Waals surface area contributed by atoms with E-state index in [0.29, 0.717) is 6.54 Å². The van der Waals surface area contributed by atoms with Crippen LogP contribution in [0.5, 0.6) is 0 Å². The van der Waals surface area contributed by atoms with Crippen molar-refractivity contribution in [2.75, 3.05) is 6.54 Å². The summed E-state index contributed by atoms with van der Waals surface area (Å²) in [6.45, 7) is 9.79. The van der Waals surface area contributed by atoms with Crippen LogP contribution in [0.3, 0.4) is 0 Å². The number of hydrogen-bond donors (Lipinski definition) is 1. The molecule has 0 unspecified atom stereocenters. The van der Waals surface area contributed by atoms with Crippen molar-refractivity contribution < 1.29 is 4.79 Å². The molecule has 4 heteroatoms. The first-order valence-corrected chi connectivity index (χ1v) is 14.2. The zero-order valence-corrected chi connectivity index (χ0v) is 22.6. The van der Waals surface area contributed by atoms with Crippen LogP contribution in [0, 0.1) is 5.41 Å². The van der Waals surface area contributed by atoms with Crippen molar-refractivity contribution >= 4 is 16.9 Å². The van der Waals surface area contributed by atoms with E-state index in [4.69, 9.17) is 4.98 Å². The lowest BCUT2D eigenvalue weighted by Crippen LogP contribution is -2.36. The molecule has 0 radical (unpaired) electrons. The quantitative estimate of drug-likeness (QED) is 0.223. The van der Waals surface area contributed by atoms with Gasteiger partial charge in [0.2, 0.25) is 5.91 Å². The summed E-state index contributed by atoms with van der Waals surface area (Å²) in [5.74, 6) is 1.19. The summed E-state index contributed by atoms with van der Waals surface area (Å²) >= 11 is 0. The van der Waals surface area contributed by atoms with Crippen molar-refractivity contribution in [1.29, 1.82) is 0 Å². The number of unbranched alkanes of at least 4 members (excludes halogenated alkanes) is 13. The first-order chi connectivity index (χ1) is 16.4. The average molecular weight is 470 g/mol. The topological polar surface area (TPSA) is 46.9 Å². The van der Waals surface area contributed by atoms with Gasteiger partial charge in [0.05, 0.1) is 11.0 Å². The predicted octanol–water partition coefficient (Wildman–Crippen LogP) is 8.22. The molecule has 0 saturated heterocycles. The van der Waals surface area contributed by atoms with E-state index in [1.807, 2.05) is 20.8 Å². The van der Waals surface area contributed by atoms with Crippen LogP contribution < -0.4 is 5.32 Å². The van der Waals surface area contributed by atoms with Gasteiger partial charge in [-0.15, -0.1) is 0 Å². The molecule has 1 amide bonds. The first kappa shape index (κ1) is 28.4. The van der Waals surface area contributed by atoms with Gasteiger partial charge in [-0.05, 0) is 18.6 Å². The molecular weight excluding hydrogens is 418 g/mol. The van der Waals surface area contributed by atoms with Crippen LogP contribution in [-0.2, 0) is 17.8 Å². The lowest BCUT2D eigenvalue weighted by Gasteiger charge is -2.17. The molecule has 2 rings (SSSR count). The SMILES string of the molecule is CCCCCCCCCCCCCCCCn1c(CCNC(=O)C(C)(C)C)nc2ccccc21. The number of imidazole rings is 1. The lowest BCUT2D eigenvalue weighted by molar-refractivity contribution is -0.128. The summed E-state index contributed by atoms with van der Waals surface area (Å²) in [7, 11) is 0. The van der Waals surface area contributed by atoms with Gasteiger partial charge in [-0.3, -0.25) is 4.79 Å². The van der Waals surface area contributed by atoms with Crippen LogP contribution in [0.15, 0.2) is 24.3 Å². The van der Waals surface area contributed by atoms with Gasteiger partial charge in [0.15, 0.2) is 0 Å². The molecule has 0 spiro atoms. The summed E-state index contributed by atoms with van der Waals surface area (Å²) < 4.78 is 2.37. The van der Waals surface area contributed by atoms with Gasteiger partial charge in [0.25, 0.3) is 0 Å². The molecule has 1 aromatic heterocycles. The first-order valence-electron chi connectivity index (χ1n) is 14.2. The van der Waals surface area contributed by atoms with E-state index in [1.54, 1.807) is 0 Å². The van der Waals surface area contributed by atoms with E-state index >= 15 is 0 Å². The van der Waals surface area contributed by atoms with Crippen molar-refractivity contribution in [3.63, 3.8) is 0 Å². The van der Waals surface area contributed by atoms with E-state index in [1.165, 1.54) is 95.4 Å². The lowest BCUT2D eigenvalue weighted by atomic mass is 9.96. The smallest absolute Gasteiger partial charge is 0.225 e. The van der Waals surface area contributed by atoms with Gasteiger partial charge in [0, 0.05) is 24.9 Å². The van der Waals surface area contributed by atoms with Crippen molar-refractivity contribution in [2.24, 2.45) is 5.41 Å². The molecule has 0 saturated carbocycles. The van der Waals surface area contributed by atoms with Gasteiger partial charge < -0.3 is 9.88 Å². The monoisotopic (exact) mass is 469 g/mol. The van der Waals surface area contributed by atoms with Gasteiger partial charge in [-0.1, -0.05) is 123 Å². The minimum Gasteiger partial charge on any atom is -0.355 e. The highest BCUT2D eigenvalue weighted by Crippen LogP contribution is 2.19. The molecule has 0 aliphatic carbocycles. The van der Waals surface area contributed by atoms with Crippen molar-refractivity contribution in [1.82, 2.24) is 14.9 Å². The molecule has 0 fully saturated rings. The van der Waals surface area contributed by atoms with Crippen LogP contribution in [-0.4, -0.2) is 22.0 Å². The van der Waals surface area contributed by atoms with E-state index < -0.39 is 0 Å². The second kappa shape index (κ2) is 15.9. The number of hydrogen-bond acceptors (Lipinski definition) is 2. The van der Waals surface area contributed by atoms with Crippen molar-refractivity contribution in [2.45, 2.75) is 131 Å². The van der Waals surface area contributed by atoms with Crippen LogP contribution in [0.1, 0.15) is 123 Å². The molecule has 0 atom stereocenters.